The van der Waals surface area contributed by atoms with Crippen molar-refractivity contribution in [1.29, 1.82) is 0 Å². The van der Waals surface area contributed by atoms with Crippen LogP contribution in [0.1, 0.15) is 13.8 Å². The maximum atomic E-state index is 9.15. The zero-order valence-corrected chi connectivity index (χ0v) is 9.53. The fourth-order valence-corrected chi connectivity index (χ4v) is 1.35. The summed E-state index contributed by atoms with van der Waals surface area (Å²) in [5.41, 5.74) is 1.00. The SMILES string of the molecule is COCC(Nc1ccc(O)cc1)C(C)C. The summed E-state index contributed by atoms with van der Waals surface area (Å²) < 4.78 is 5.15. The molecular weight excluding hydrogens is 190 g/mol. The van der Waals surface area contributed by atoms with Crippen molar-refractivity contribution < 1.29 is 9.84 Å². The fourth-order valence-electron chi connectivity index (χ4n) is 1.35. The van der Waals surface area contributed by atoms with Crippen molar-refractivity contribution in [3.05, 3.63) is 24.3 Å². The minimum Gasteiger partial charge on any atom is -0.508 e. The first kappa shape index (κ1) is 11.9. The van der Waals surface area contributed by atoms with E-state index in [2.05, 4.69) is 19.2 Å². The van der Waals surface area contributed by atoms with E-state index in [9.17, 15) is 0 Å². The molecule has 15 heavy (non-hydrogen) atoms. The number of phenols is 1. The van der Waals surface area contributed by atoms with Gasteiger partial charge in [0.05, 0.1) is 12.6 Å². The lowest BCUT2D eigenvalue weighted by atomic mass is 10.1. The van der Waals surface area contributed by atoms with E-state index in [0.29, 0.717) is 18.6 Å². The van der Waals surface area contributed by atoms with Crippen molar-refractivity contribution in [2.75, 3.05) is 19.0 Å². The predicted octanol–water partition coefficient (Wildman–Crippen LogP) is 2.48. The van der Waals surface area contributed by atoms with Crippen LogP contribution in [0.4, 0.5) is 5.69 Å². The number of methoxy groups -OCH3 is 1. The molecule has 0 saturated carbocycles. The summed E-state index contributed by atoms with van der Waals surface area (Å²) >= 11 is 0. The topological polar surface area (TPSA) is 41.5 Å². The zero-order chi connectivity index (χ0) is 11.3. The van der Waals surface area contributed by atoms with E-state index < -0.39 is 0 Å². The average Bonchev–Trinajstić information content (AvgIpc) is 2.20. The molecule has 2 N–H and O–H groups in total. The molecule has 1 aromatic carbocycles. The Labute approximate surface area is 91.1 Å². The van der Waals surface area contributed by atoms with E-state index in [1.54, 1.807) is 19.2 Å². The summed E-state index contributed by atoms with van der Waals surface area (Å²) in [6.07, 6.45) is 0. The van der Waals surface area contributed by atoms with Gasteiger partial charge in [0.25, 0.3) is 0 Å². The highest BCUT2D eigenvalue weighted by atomic mass is 16.5. The summed E-state index contributed by atoms with van der Waals surface area (Å²) in [5, 5.41) is 12.5. The first-order chi connectivity index (χ1) is 7.13. The molecule has 0 aliphatic rings. The lowest BCUT2D eigenvalue weighted by Crippen LogP contribution is -2.30. The molecule has 0 radical (unpaired) electrons. The summed E-state index contributed by atoms with van der Waals surface area (Å²) in [6, 6.07) is 7.36. The number of benzene rings is 1. The Morgan fingerprint density at radius 3 is 2.33 bits per heavy atom. The molecule has 84 valence electrons. The Kier molecular flexibility index (Phi) is 4.43. The molecule has 0 heterocycles. The van der Waals surface area contributed by atoms with Crippen molar-refractivity contribution >= 4 is 5.69 Å². The molecule has 3 nitrogen and oxygen atoms in total. The van der Waals surface area contributed by atoms with Gasteiger partial charge >= 0.3 is 0 Å². The predicted molar refractivity (Wildman–Crippen MR) is 62.2 cm³/mol. The number of rotatable bonds is 5. The van der Waals surface area contributed by atoms with Crippen LogP contribution in [0.5, 0.6) is 5.75 Å². The average molecular weight is 209 g/mol. The van der Waals surface area contributed by atoms with E-state index in [1.165, 1.54) is 0 Å². The normalized spacial score (nSPS) is 12.8. The number of hydrogen-bond acceptors (Lipinski definition) is 3. The van der Waals surface area contributed by atoms with Crippen LogP contribution in [0.15, 0.2) is 24.3 Å². The number of nitrogens with one attached hydrogen (secondary N) is 1. The molecular formula is C12H19NO2. The molecule has 1 rings (SSSR count). The first-order valence-electron chi connectivity index (χ1n) is 5.18. The molecule has 0 aromatic heterocycles. The van der Waals surface area contributed by atoms with E-state index in [0.717, 1.165) is 5.69 Å². The highest BCUT2D eigenvalue weighted by Crippen LogP contribution is 2.16. The molecule has 0 fully saturated rings. The Hall–Kier alpha value is -1.22. The van der Waals surface area contributed by atoms with Crippen LogP contribution >= 0.6 is 0 Å². The fraction of sp³-hybridized carbons (Fsp3) is 0.500. The Bertz CT molecular complexity index is 282. The smallest absolute Gasteiger partial charge is 0.115 e. The second-order valence-corrected chi connectivity index (χ2v) is 4.00. The van der Waals surface area contributed by atoms with Crippen molar-refractivity contribution in [3.8, 4) is 5.75 Å². The van der Waals surface area contributed by atoms with Gasteiger partial charge in [-0.15, -0.1) is 0 Å². The third kappa shape index (κ3) is 3.80. The molecule has 0 amide bonds. The number of aromatic hydroxyl groups is 1. The number of ether oxygens (including phenoxy) is 1. The van der Waals surface area contributed by atoms with Gasteiger partial charge in [-0.25, -0.2) is 0 Å². The highest BCUT2D eigenvalue weighted by Gasteiger charge is 2.12. The van der Waals surface area contributed by atoms with Crippen LogP contribution in [-0.2, 0) is 4.74 Å². The molecule has 0 saturated heterocycles. The monoisotopic (exact) mass is 209 g/mol. The van der Waals surface area contributed by atoms with Crippen LogP contribution in [-0.4, -0.2) is 24.9 Å². The maximum absolute atomic E-state index is 9.15. The minimum atomic E-state index is 0.286. The van der Waals surface area contributed by atoms with Crippen molar-refractivity contribution in [1.82, 2.24) is 0 Å². The van der Waals surface area contributed by atoms with Crippen LogP contribution < -0.4 is 5.32 Å². The molecule has 0 bridgehead atoms. The Balaban J connectivity index is 2.61. The van der Waals surface area contributed by atoms with Crippen LogP contribution in [0.2, 0.25) is 0 Å². The molecule has 1 atom stereocenters. The van der Waals surface area contributed by atoms with Gasteiger partial charge < -0.3 is 15.2 Å². The standard InChI is InChI=1S/C12H19NO2/c1-9(2)12(8-15-3)13-10-4-6-11(14)7-5-10/h4-7,9,12-14H,8H2,1-3H3. The van der Waals surface area contributed by atoms with Gasteiger partial charge in [-0.2, -0.15) is 0 Å². The molecule has 3 heteroatoms. The van der Waals surface area contributed by atoms with E-state index in [-0.39, 0.29) is 5.75 Å². The molecule has 0 spiro atoms. The van der Waals surface area contributed by atoms with Gasteiger partial charge in [0.2, 0.25) is 0 Å². The summed E-state index contributed by atoms with van der Waals surface area (Å²) in [5.74, 6) is 0.784. The van der Waals surface area contributed by atoms with Crippen molar-refractivity contribution in [2.24, 2.45) is 5.92 Å². The number of hydrogen-bond donors (Lipinski definition) is 2. The largest absolute Gasteiger partial charge is 0.508 e. The van der Waals surface area contributed by atoms with Gasteiger partial charge in [0.1, 0.15) is 5.75 Å². The third-order valence-electron chi connectivity index (χ3n) is 2.37. The first-order valence-corrected chi connectivity index (χ1v) is 5.18. The quantitative estimate of drug-likeness (QED) is 0.732. The Morgan fingerprint density at radius 2 is 1.87 bits per heavy atom. The number of phenolic OH excluding ortho intramolecular Hbond substituents is 1. The lowest BCUT2D eigenvalue weighted by molar-refractivity contribution is 0.171. The highest BCUT2D eigenvalue weighted by molar-refractivity contribution is 5.46. The van der Waals surface area contributed by atoms with Crippen LogP contribution in [0.3, 0.4) is 0 Å². The molecule has 1 unspecified atom stereocenters. The van der Waals surface area contributed by atoms with Gasteiger partial charge in [-0.05, 0) is 30.2 Å². The second-order valence-electron chi connectivity index (χ2n) is 4.00. The third-order valence-corrected chi connectivity index (χ3v) is 2.37. The molecule has 0 aliphatic carbocycles. The van der Waals surface area contributed by atoms with E-state index in [1.807, 2.05) is 12.1 Å². The number of anilines is 1. The molecule has 0 aliphatic heterocycles. The van der Waals surface area contributed by atoms with Gasteiger partial charge in [0.15, 0.2) is 0 Å². The van der Waals surface area contributed by atoms with E-state index >= 15 is 0 Å². The molecule has 1 aromatic rings. The zero-order valence-electron chi connectivity index (χ0n) is 9.53. The maximum Gasteiger partial charge on any atom is 0.115 e. The van der Waals surface area contributed by atoms with Crippen molar-refractivity contribution in [3.63, 3.8) is 0 Å². The minimum absolute atomic E-state index is 0.286. The van der Waals surface area contributed by atoms with Gasteiger partial charge in [0, 0.05) is 12.8 Å². The lowest BCUT2D eigenvalue weighted by Gasteiger charge is -2.22. The van der Waals surface area contributed by atoms with Crippen LogP contribution in [0.25, 0.3) is 0 Å². The summed E-state index contributed by atoms with van der Waals surface area (Å²) in [4.78, 5) is 0. The van der Waals surface area contributed by atoms with Gasteiger partial charge in [-0.1, -0.05) is 13.8 Å². The van der Waals surface area contributed by atoms with Crippen LogP contribution in [0, 0.1) is 5.92 Å². The van der Waals surface area contributed by atoms with E-state index in [4.69, 9.17) is 9.84 Å². The summed E-state index contributed by atoms with van der Waals surface area (Å²) in [7, 11) is 1.70. The van der Waals surface area contributed by atoms with Gasteiger partial charge in [-0.3, -0.25) is 0 Å². The van der Waals surface area contributed by atoms with Crippen molar-refractivity contribution in [2.45, 2.75) is 19.9 Å². The Morgan fingerprint density at radius 1 is 1.27 bits per heavy atom. The summed E-state index contributed by atoms with van der Waals surface area (Å²) in [6.45, 7) is 4.98. The second kappa shape index (κ2) is 5.61.